The molecule has 2 heteroatoms. The second kappa shape index (κ2) is 6.77. The van der Waals surface area contributed by atoms with E-state index in [1.165, 1.54) is 5.56 Å². The molecule has 0 saturated heterocycles. The lowest BCUT2D eigenvalue weighted by Gasteiger charge is -2.33. The summed E-state index contributed by atoms with van der Waals surface area (Å²) in [4.78, 5) is 2.15. The lowest BCUT2D eigenvalue weighted by molar-refractivity contribution is -0.0608. The average molecular weight is 235 g/mol. The smallest absolute Gasteiger partial charge is 0.0926 e. The summed E-state index contributed by atoms with van der Waals surface area (Å²) in [6.07, 6.45) is 2.03. The van der Waals surface area contributed by atoms with Crippen molar-refractivity contribution in [3.63, 3.8) is 0 Å². The molecule has 1 aromatic carbocycles. The van der Waals surface area contributed by atoms with Crippen LogP contribution in [0.2, 0.25) is 0 Å². The Balaban J connectivity index is 2.75. The minimum atomic E-state index is -0.114. The minimum absolute atomic E-state index is 0.114. The Morgan fingerprint density at radius 3 is 2.12 bits per heavy atom. The Labute approximate surface area is 106 Å². The molecule has 1 rings (SSSR count). The summed E-state index contributed by atoms with van der Waals surface area (Å²) in [5, 5.41) is 0. The third-order valence-corrected chi connectivity index (χ3v) is 3.36. The van der Waals surface area contributed by atoms with Crippen molar-refractivity contribution in [2.75, 3.05) is 27.2 Å². The Kier molecular flexibility index (Phi) is 5.66. The molecule has 2 nitrogen and oxygen atoms in total. The summed E-state index contributed by atoms with van der Waals surface area (Å²) < 4.78 is 6.18. The minimum Gasteiger partial charge on any atom is -0.369 e. The zero-order valence-electron chi connectivity index (χ0n) is 11.6. The highest BCUT2D eigenvalue weighted by atomic mass is 16.5. The van der Waals surface area contributed by atoms with E-state index in [9.17, 15) is 0 Å². The molecular formula is C15H25NO. The topological polar surface area (TPSA) is 12.5 Å². The molecule has 96 valence electrons. The fourth-order valence-corrected chi connectivity index (χ4v) is 2.11. The molecule has 1 aromatic rings. The van der Waals surface area contributed by atoms with Gasteiger partial charge in [-0.05, 0) is 32.5 Å². The monoisotopic (exact) mass is 235 g/mol. The molecule has 0 spiro atoms. The van der Waals surface area contributed by atoms with Gasteiger partial charge in [0.15, 0.2) is 0 Å². The van der Waals surface area contributed by atoms with Gasteiger partial charge < -0.3 is 9.64 Å². The number of likely N-dealkylation sites (N-methyl/N-ethyl adjacent to an activating group) is 1. The Hall–Kier alpha value is -0.860. The summed E-state index contributed by atoms with van der Waals surface area (Å²) >= 11 is 0. The molecule has 0 amide bonds. The van der Waals surface area contributed by atoms with E-state index in [1.54, 1.807) is 0 Å². The summed E-state index contributed by atoms with van der Waals surface area (Å²) in [7, 11) is 4.15. The van der Waals surface area contributed by atoms with Gasteiger partial charge >= 0.3 is 0 Å². The zero-order chi connectivity index (χ0) is 12.7. The van der Waals surface area contributed by atoms with Gasteiger partial charge in [-0.3, -0.25) is 0 Å². The maximum Gasteiger partial charge on any atom is 0.0926 e. The van der Waals surface area contributed by atoms with Crippen molar-refractivity contribution < 1.29 is 4.74 Å². The third-order valence-electron chi connectivity index (χ3n) is 3.36. The molecule has 0 N–H and O–H groups in total. The number of benzene rings is 1. The fraction of sp³-hybridized carbons (Fsp3) is 0.600. The molecule has 17 heavy (non-hydrogen) atoms. The molecule has 0 fully saturated rings. The van der Waals surface area contributed by atoms with Gasteiger partial charge in [0.1, 0.15) is 0 Å². The molecule has 0 saturated carbocycles. The second-order valence-corrected chi connectivity index (χ2v) is 4.72. The number of hydrogen-bond acceptors (Lipinski definition) is 2. The van der Waals surface area contributed by atoms with Gasteiger partial charge in [0.25, 0.3) is 0 Å². The molecule has 0 aliphatic heterocycles. The standard InChI is InChI=1S/C15H25NO/c1-5-15(6-2,17-13-12-16(3)4)14-10-8-7-9-11-14/h7-11H,5-6,12-13H2,1-4H3. The lowest BCUT2D eigenvalue weighted by Crippen LogP contribution is -2.31. The Morgan fingerprint density at radius 1 is 1.06 bits per heavy atom. The first-order valence-electron chi connectivity index (χ1n) is 6.49. The van der Waals surface area contributed by atoms with E-state index in [-0.39, 0.29) is 5.60 Å². The highest BCUT2D eigenvalue weighted by Crippen LogP contribution is 2.32. The SMILES string of the molecule is CCC(CC)(OCCN(C)C)c1ccccc1. The van der Waals surface area contributed by atoms with Crippen LogP contribution in [0.3, 0.4) is 0 Å². The van der Waals surface area contributed by atoms with Crippen molar-refractivity contribution in [1.29, 1.82) is 0 Å². The van der Waals surface area contributed by atoms with Crippen LogP contribution in [0.5, 0.6) is 0 Å². The van der Waals surface area contributed by atoms with Gasteiger partial charge in [0, 0.05) is 6.54 Å². The molecule has 0 aromatic heterocycles. The van der Waals surface area contributed by atoms with Gasteiger partial charge in [-0.25, -0.2) is 0 Å². The van der Waals surface area contributed by atoms with Crippen molar-refractivity contribution in [3.8, 4) is 0 Å². The summed E-state index contributed by atoms with van der Waals surface area (Å²) in [6, 6.07) is 10.6. The van der Waals surface area contributed by atoms with E-state index in [1.807, 2.05) is 0 Å². The van der Waals surface area contributed by atoms with Crippen LogP contribution in [-0.4, -0.2) is 32.1 Å². The molecule has 0 atom stereocenters. The van der Waals surface area contributed by atoms with Crippen LogP contribution in [0.15, 0.2) is 30.3 Å². The molecule has 0 aliphatic rings. The van der Waals surface area contributed by atoms with Gasteiger partial charge in [0.2, 0.25) is 0 Å². The van der Waals surface area contributed by atoms with Gasteiger partial charge in [-0.2, -0.15) is 0 Å². The van der Waals surface area contributed by atoms with Crippen molar-refractivity contribution in [2.45, 2.75) is 32.3 Å². The number of nitrogens with zero attached hydrogens (tertiary/aromatic N) is 1. The molecule has 0 radical (unpaired) electrons. The maximum atomic E-state index is 6.18. The first-order valence-corrected chi connectivity index (χ1v) is 6.49. The predicted molar refractivity (Wildman–Crippen MR) is 73.2 cm³/mol. The van der Waals surface area contributed by atoms with Crippen LogP contribution in [0.25, 0.3) is 0 Å². The third kappa shape index (κ3) is 3.83. The van der Waals surface area contributed by atoms with Gasteiger partial charge in [0.05, 0.1) is 12.2 Å². The average Bonchev–Trinajstić information content (AvgIpc) is 2.36. The van der Waals surface area contributed by atoms with Crippen LogP contribution < -0.4 is 0 Å². The van der Waals surface area contributed by atoms with E-state index in [2.05, 4.69) is 63.2 Å². The molecular weight excluding hydrogens is 210 g/mol. The first-order chi connectivity index (χ1) is 8.14. The molecule has 0 aliphatic carbocycles. The fourth-order valence-electron chi connectivity index (χ4n) is 2.11. The Bertz CT molecular complexity index is 304. The Morgan fingerprint density at radius 2 is 1.65 bits per heavy atom. The number of rotatable bonds is 7. The van der Waals surface area contributed by atoms with Crippen molar-refractivity contribution in [2.24, 2.45) is 0 Å². The number of ether oxygens (including phenoxy) is 1. The first kappa shape index (κ1) is 14.2. The second-order valence-electron chi connectivity index (χ2n) is 4.72. The van der Waals surface area contributed by atoms with Crippen molar-refractivity contribution in [1.82, 2.24) is 4.90 Å². The van der Waals surface area contributed by atoms with E-state index < -0.39 is 0 Å². The quantitative estimate of drug-likeness (QED) is 0.719. The largest absolute Gasteiger partial charge is 0.369 e. The van der Waals surface area contributed by atoms with E-state index >= 15 is 0 Å². The van der Waals surface area contributed by atoms with Crippen molar-refractivity contribution >= 4 is 0 Å². The van der Waals surface area contributed by atoms with Crippen LogP contribution in [0.4, 0.5) is 0 Å². The maximum absolute atomic E-state index is 6.18. The normalized spacial score (nSPS) is 12.1. The van der Waals surface area contributed by atoms with E-state index in [0.717, 1.165) is 26.0 Å². The summed E-state index contributed by atoms with van der Waals surface area (Å²) in [5.74, 6) is 0. The van der Waals surface area contributed by atoms with Crippen LogP contribution in [0, 0.1) is 0 Å². The predicted octanol–water partition coefficient (Wildman–Crippen LogP) is 3.28. The highest BCUT2D eigenvalue weighted by molar-refractivity contribution is 5.22. The van der Waals surface area contributed by atoms with Crippen LogP contribution >= 0.6 is 0 Å². The highest BCUT2D eigenvalue weighted by Gasteiger charge is 2.28. The van der Waals surface area contributed by atoms with Crippen LogP contribution in [0.1, 0.15) is 32.3 Å². The lowest BCUT2D eigenvalue weighted by atomic mass is 9.88. The van der Waals surface area contributed by atoms with E-state index in [0.29, 0.717) is 0 Å². The van der Waals surface area contributed by atoms with Crippen molar-refractivity contribution in [3.05, 3.63) is 35.9 Å². The van der Waals surface area contributed by atoms with Gasteiger partial charge in [-0.1, -0.05) is 44.2 Å². The zero-order valence-corrected chi connectivity index (χ0v) is 11.6. The van der Waals surface area contributed by atoms with E-state index in [4.69, 9.17) is 4.74 Å². The molecule has 0 heterocycles. The number of hydrogen-bond donors (Lipinski definition) is 0. The molecule has 0 unspecified atom stereocenters. The van der Waals surface area contributed by atoms with Crippen LogP contribution in [-0.2, 0) is 10.3 Å². The van der Waals surface area contributed by atoms with Gasteiger partial charge in [-0.15, -0.1) is 0 Å². The summed E-state index contributed by atoms with van der Waals surface area (Å²) in [5.41, 5.74) is 1.18. The molecule has 0 bridgehead atoms. The summed E-state index contributed by atoms with van der Waals surface area (Å²) in [6.45, 7) is 6.15.